The Morgan fingerprint density at radius 2 is 1.75 bits per heavy atom. The summed E-state index contributed by atoms with van der Waals surface area (Å²) in [6, 6.07) is 4.76. The van der Waals surface area contributed by atoms with Crippen LogP contribution in [0.2, 0.25) is 5.02 Å². The minimum Gasteiger partial charge on any atom is -0.496 e. The van der Waals surface area contributed by atoms with Crippen LogP contribution in [0.3, 0.4) is 0 Å². The van der Waals surface area contributed by atoms with Crippen molar-refractivity contribution in [3.05, 3.63) is 63.9 Å². The van der Waals surface area contributed by atoms with Crippen LogP contribution in [0.25, 0.3) is 0 Å². The first-order valence-electron chi connectivity index (χ1n) is 5.68. The van der Waals surface area contributed by atoms with Crippen LogP contribution >= 0.6 is 11.6 Å². The molecule has 1 atom stereocenters. The number of hydrogen-bond donors (Lipinski definition) is 1. The van der Waals surface area contributed by atoms with Crippen LogP contribution in [0, 0.1) is 17.5 Å². The Balaban J connectivity index is 2.57. The summed E-state index contributed by atoms with van der Waals surface area (Å²) < 4.78 is 45.3. The van der Waals surface area contributed by atoms with Crippen molar-refractivity contribution in [1.82, 2.24) is 0 Å². The van der Waals surface area contributed by atoms with Crippen LogP contribution < -0.4 is 10.5 Å². The number of ether oxygens (including phenoxy) is 1. The average Bonchev–Trinajstić information content (AvgIpc) is 2.41. The van der Waals surface area contributed by atoms with E-state index in [9.17, 15) is 13.2 Å². The van der Waals surface area contributed by atoms with Crippen LogP contribution in [0.1, 0.15) is 17.2 Å². The summed E-state index contributed by atoms with van der Waals surface area (Å²) in [6.07, 6.45) is 0. The van der Waals surface area contributed by atoms with Crippen LogP contribution in [0.15, 0.2) is 30.3 Å². The molecule has 0 aliphatic heterocycles. The summed E-state index contributed by atoms with van der Waals surface area (Å²) >= 11 is 5.84. The van der Waals surface area contributed by atoms with Crippen molar-refractivity contribution in [2.24, 2.45) is 5.73 Å². The predicted molar refractivity (Wildman–Crippen MR) is 70.4 cm³/mol. The first-order chi connectivity index (χ1) is 9.45. The monoisotopic (exact) mass is 301 g/mol. The third-order valence-corrected chi connectivity index (χ3v) is 3.25. The van der Waals surface area contributed by atoms with Gasteiger partial charge in [0.05, 0.1) is 18.7 Å². The molecule has 1 unspecified atom stereocenters. The Kier molecular flexibility index (Phi) is 4.20. The van der Waals surface area contributed by atoms with E-state index in [-0.39, 0.29) is 21.9 Å². The summed E-state index contributed by atoms with van der Waals surface area (Å²) in [5, 5.41) is -0.0818. The number of hydrogen-bond acceptors (Lipinski definition) is 2. The molecule has 6 heteroatoms. The van der Waals surface area contributed by atoms with Gasteiger partial charge in [-0.1, -0.05) is 17.7 Å². The standard InChI is InChI=1S/C14H11ClF3NO/c1-20-12-4-2-3-9(16)13(12)14(19)7-5-10(17)11(18)6-8(7)15/h2-6,14H,19H2,1H3. The Labute approximate surface area is 118 Å². The molecule has 2 rings (SSSR count). The quantitative estimate of drug-likeness (QED) is 0.875. The summed E-state index contributed by atoms with van der Waals surface area (Å²) in [6.45, 7) is 0. The van der Waals surface area contributed by atoms with Crippen molar-refractivity contribution < 1.29 is 17.9 Å². The Hall–Kier alpha value is -1.72. The van der Waals surface area contributed by atoms with E-state index in [1.807, 2.05) is 0 Å². The first kappa shape index (κ1) is 14.7. The topological polar surface area (TPSA) is 35.2 Å². The molecule has 0 saturated heterocycles. The van der Waals surface area contributed by atoms with E-state index in [1.54, 1.807) is 0 Å². The zero-order valence-electron chi connectivity index (χ0n) is 10.5. The highest BCUT2D eigenvalue weighted by molar-refractivity contribution is 6.31. The van der Waals surface area contributed by atoms with Crippen molar-refractivity contribution in [3.63, 3.8) is 0 Å². The molecule has 0 bridgehead atoms. The van der Waals surface area contributed by atoms with E-state index >= 15 is 0 Å². The molecular weight excluding hydrogens is 291 g/mol. The van der Waals surface area contributed by atoms with Crippen LogP contribution in [-0.2, 0) is 0 Å². The van der Waals surface area contributed by atoms with Gasteiger partial charge in [0.2, 0.25) is 0 Å². The fraction of sp³-hybridized carbons (Fsp3) is 0.143. The Bertz CT molecular complexity index is 649. The van der Waals surface area contributed by atoms with Gasteiger partial charge in [-0.25, -0.2) is 13.2 Å². The van der Waals surface area contributed by atoms with Gasteiger partial charge in [-0.2, -0.15) is 0 Å². The van der Waals surface area contributed by atoms with Gasteiger partial charge in [0.15, 0.2) is 11.6 Å². The fourth-order valence-corrected chi connectivity index (χ4v) is 2.20. The van der Waals surface area contributed by atoms with Gasteiger partial charge in [0.25, 0.3) is 0 Å². The van der Waals surface area contributed by atoms with Gasteiger partial charge in [-0.05, 0) is 29.8 Å². The van der Waals surface area contributed by atoms with Crippen LogP contribution in [0.5, 0.6) is 5.75 Å². The lowest BCUT2D eigenvalue weighted by Crippen LogP contribution is -2.16. The predicted octanol–water partition coefficient (Wildman–Crippen LogP) is 3.81. The van der Waals surface area contributed by atoms with E-state index in [0.29, 0.717) is 0 Å². The molecule has 0 saturated carbocycles. The minimum atomic E-state index is -1.10. The molecule has 20 heavy (non-hydrogen) atoms. The van der Waals surface area contributed by atoms with Crippen molar-refractivity contribution in [2.75, 3.05) is 7.11 Å². The van der Waals surface area contributed by atoms with E-state index in [2.05, 4.69) is 0 Å². The number of halogens is 4. The first-order valence-corrected chi connectivity index (χ1v) is 6.06. The van der Waals surface area contributed by atoms with E-state index < -0.39 is 23.5 Å². The molecule has 2 aromatic carbocycles. The molecule has 2 nitrogen and oxygen atoms in total. The van der Waals surface area contributed by atoms with Gasteiger partial charge in [0.1, 0.15) is 11.6 Å². The average molecular weight is 302 g/mol. The normalized spacial score (nSPS) is 12.3. The Morgan fingerprint density at radius 1 is 1.10 bits per heavy atom. The maximum absolute atomic E-state index is 13.9. The molecule has 106 valence electrons. The van der Waals surface area contributed by atoms with Crippen molar-refractivity contribution in [2.45, 2.75) is 6.04 Å². The number of methoxy groups -OCH3 is 1. The number of benzene rings is 2. The van der Waals surface area contributed by atoms with Gasteiger partial charge in [-0.3, -0.25) is 0 Å². The molecule has 2 aromatic rings. The molecule has 2 N–H and O–H groups in total. The molecule has 0 spiro atoms. The zero-order valence-corrected chi connectivity index (χ0v) is 11.2. The van der Waals surface area contributed by atoms with E-state index in [4.69, 9.17) is 22.1 Å². The van der Waals surface area contributed by atoms with Gasteiger partial charge >= 0.3 is 0 Å². The van der Waals surface area contributed by atoms with Gasteiger partial charge in [-0.15, -0.1) is 0 Å². The summed E-state index contributed by atoms with van der Waals surface area (Å²) in [5.41, 5.74) is 6.03. The lowest BCUT2D eigenvalue weighted by atomic mass is 9.98. The summed E-state index contributed by atoms with van der Waals surface area (Å²) in [4.78, 5) is 0. The summed E-state index contributed by atoms with van der Waals surface area (Å²) in [5.74, 6) is -2.60. The largest absolute Gasteiger partial charge is 0.496 e. The second-order valence-electron chi connectivity index (χ2n) is 4.12. The second kappa shape index (κ2) is 5.73. The van der Waals surface area contributed by atoms with Crippen molar-refractivity contribution >= 4 is 11.6 Å². The molecule has 0 aromatic heterocycles. The molecule has 0 aliphatic carbocycles. The highest BCUT2D eigenvalue weighted by Gasteiger charge is 2.22. The fourth-order valence-electron chi connectivity index (χ4n) is 1.93. The highest BCUT2D eigenvalue weighted by atomic mass is 35.5. The number of nitrogens with two attached hydrogens (primary N) is 1. The second-order valence-corrected chi connectivity index (χ2v) is 4.53. The van der Waals surface area contributed by atoms with Crippen LogP contribution in [-0.4, -0.2) is 7.11 Å². The van der Waals surface area contributed by atoms with Gasteiger partial charge < -0.3 is 10.5 Å². The maximum Gasteiger partial charge on any atom is 0.160 e. The number of rotatable bonds is 3. The van der Waals surface area contributed by atoms with Crippen LogP contribution in [0.4, 0.5) is 13.2 Å². The molecule has 0 fully saturated rings. The van der Waals surface area contributed by atoms with Gasteiger partial charge in [0, 0.05) is 5.02 Å². The summed E-state index contributed by atoms with van der Waals surface area (Å²) in [7, 11) is 1.36. The SMILES string of the molecule is COc1cccc(F)c1C(N)c1cc(F)c(F)cc1Cl. The molecule has 0 heterocycles. The van der Waals surface area contributed by atoms with Crippen molar-refractivity contribution in [3.8, 4) is 5.75 Å². The molecule has 0 aliphatic rings. The maximum atomic E-state index is 13.9. The highest BCUT2D eigenvalue weighted by Crippen LogP contribution is 2.34. The van der Waals surface area contributed by atoms with Crippen molar-refractivity contribution in [1.29, 1.82) is 0 Å². The Morgan fingerprint density at radius 3 is 2.40 bits per heavy atom. The lowest BCUT2D eigenvalue weighted by Gasteiger charge is -2.18. The van der Waals surface area contributed by atoms with E-state index in [1.165, 1.54) is 25.3 Å². The molecule has 0 amide bonds. The smallest absolute Gasteiger partial charge is 0.160 e. The molecular formula is C14H11ClF3NO. The molecule has 0 radical (unpaired) electrons. The minimum absolute atomic E-state index is 0.0305. The van der Waals surface area contributed by atoms with E-state index in [0.717, 1.165) is 12.1 Å². The third-order valence-electron chi connectivity index (χ3n) is 2.92. The lowest BCUT2D eigenvalue weighted by molar-refractivity contribution is 0.402. The third kappa shape index (κ3) is 2.59. The zero-order chi connectivity index (χ0) is 14.9.